The van der Waals surface area contributed by atoms with Crippen molar-refractivity contribution in [1.82, 2.24) is 0 Å². The molecule has 0 amide bonds. The molecule has 0 aliphatic heterocycles. The second kappa shape index (κ2) is 5.87. The Morgan fingerprint density at radius 2 is 0.636 bits per heavy atom. The second-order valence-corrected chi connectivity index (χ2v) is 2.45. The maximum absolute atomic E-state index is 8.52. The van der Waals surface area contributed by atoms with Crippen LogP contribution in [0.2, 0.25) is 0 Å². The maximum Gasteiger partial charge on any atom is 0.0311 e. The zero-order valence-corrected chi connectivity index (χ0v) is 8.31. The molecular weight excluding hydrogens is 265 g/mol. The van der Waals surface area contributed by atoms with Crippen molar-refractivity contribution in [3.8, 4) is 0 Å². The summed E-state index contributed by atoms with van der Waals surface area (Å²) < 4.78 is 68.2. The molecule has 0 atom stereocenters. The number of rotatable bonds is 0. The first-order valence-corrected chi connectivity index (χ1v) is 4.00. The van der Waals surface area contributed by atoms with Crippen molar-refractivity contribution in [2.24, 2.45) is 0 Å². The van der Waals surface area contributed by atoms with Crippen molar-refractivity contribution in [2.45, 2.75) is 0 Å². The van der Waals surface area contributed by atoms with Gasteiger partial charge < -0.3 is 18.2 Å². The predicted molar refractivity (Wildman–Crippen MR) is 26.7 cm³/mol. The molecule has 0 aromatic heterocycles. The van der Waals surface area contributed by atoms with E-state index in [1.165, 1.54) is 0 Å². The van der Waals surface area contributed by atoms with Gasteiger partial charge in [0.2, 0.25) is 0 Å². The fourth-order valence-corrected chi connectivity index (χ4v) is 0. The predicted octanol–water partition coefficient (Wildman–Crippen LogP) is -3.06. The van der Waals surface area contributed by atoms with Crippen molar-refractivity contribution in [3.63, 3.8) is 0 Å². The van der Waals surface area contributed by atoms with Crippen LogP contribution in [0.5, 0.6) is 0 Å². The van der Waals surface area contributed by atoms with Crippen LogP contribution in [0.4, 0.5) is 0 Å². The maximum atomic E-state index is 8.52. The van der Waals surface area contributed by atoms with Crippen LogP contribution in [0.25, 0.3) is 0 Å². The van der Waals surface area contributed by atoms with Crippen LogP contribution in [0, 0.1) is 0 Å². The van der Waals surface area contributed by atoms with Crippen molar-refractivity contribution < 1.29 is 35.0 Å². The molecule has 11 heteroatoms. The van der Waals surface area contributed by atoms with Crippen molar-refractivity contribution in [1.29, 1.82) is 0 Å². The summed E-state index contributed by atoms with van der Waals surface area (Å²) in [5.74, 6) is 0. The monoisotopic (exact) mass is 266 g/mol. The van der Waals surface area contributed by atoms with Crippen LogP contribution < -0.4 is 0 Å². The average Bonchev–Trinajstić information content (AvgIpc) is 1.12. The van der Waals surface area contributed by atoms with Crippen LogP contribution in [0.1, 0.15) is 0 Å². The summed E-state index contributed by atoms with van der Waals surface area (Å²) >= 11 is 0. The topological polar surface area (TPSA) is 161 Å². The van der Waals surface area contributed by atoms with Crippen molar-refractivity contribution in [3.05, 3.63) is 0 Å². The molecule has 4 radical (unpaired) electrons. The first-order chi connectivity index (χ1) is 4.00. The minimum atomic E-state index is -5.17. The molecule has 0 heterocycles. The molecular formula is GeO8S2-4. The minimum Gasteiger partial charge on any atom is -0.759 e. The smallest absolute Gasteiger partial charge is 0.0311 e. The summed E-state index contributed by atoms with van der Waals surface area (Å²) in [6.45, 7) is 0. The van der Waals surface area contributed by atoms with Gasteiger partial charge in [-0.05, 0) is 0 Å². The van der Waals surface area contributed by atoms with E-state index in [9.17, 15) is 0 Å². The Morgan fingerprint density at radius 1 is 0.636 bits per heavy atom. The molecule has 0 spiro atoms. The minimum absolute atomic E-state index is 0. The summed E-state index contributed by atoms with van der Waals surface area (Å²) in [6, 6.07) is 0. The molecule has 0 saturated carbocycles. The number of hydrogen-bond donors (Lipinski definition) is 0. The molecule has 0 rings (SSSR count). The van der Waals surface area contributed by atoms with Gasteiger partial charge in [-0.25, -0.2) is 0 Å². The summed E-state index contributed by atoms with van der Waals surface area (Å²) in [4.78, 5) is 0. The Bertz CT molecular complexity index is 208. The van der Waals surface area contributed by atoms with E-state index in [4.69, 9.17) is 35.0 Å². The zero-order chi connectivity index (χ0) is 9.00. The van der Waals surface area contributed by atoms with Crippen LogP contribution in [-0.2, 0) is 20.8 Å². The van der Waals surface area contributed by atoms with Gasteiger partial charge in [0, 0.05) is 38.4 Å². The molecule has 68 valence electrons. The summed E-state index contributed by atoms with van der Waals surface area (Å²) in [7, 11) is -10.3. The molecule has 8 nitrogen and oxygen atoms in total. The first-order valence-electron chi connectivity index (χ1n) is 1.33. The van der Waals surface area contributed by atoms with Gasteiger partial charge in [0.1, 0.15) is 0 Å². The Balaban J connectivity index is -0.000000107. The van der Waals surface area contributed by atoms with E-state index in [0.29, 0.717) is 0 Å². The molecule has 0 aliphatic carbocycles. The molecule has 0 aromatic rings. The SMILES string of the molecule is O=S(=O)([O-])[O-].O=S(=O)([O-])[O-].[Ge]. The van der Waals surface area contributed by atoms with E-state index < -0.39 is 20.8 Å². The summed E-state index contributed by atoms with van der Waals surface area (Å²) in [6.07, 6.45) is 0. The van der Waals surface area contributed by atoms with Gasteiger partial charge in [-0.3, -0.25) is 16.8 Å². The molecule has 0 aliphatic rings. The standard InChI is InChI=1S/Ge.2H2O4S/c;2*1-5(2,3)4/h;2*(H2,1,2,3,4)/p-4. The Hall–Kier alpha value is 0.283. The van der Waals surface area contributed by atoms with E-state index in [2.05, 4.69) is 0 Å². The van der Waals surface area contributed by atoms with Gasteiger partial charge in [0.15, 0.2) is 0 Å². The van der Waals surface area contributed by atoms with Gasteiger partial charge >= 0.3 is 0 Å². The normalized spacial score (nSPS) is 10.5. The van der Waals surface area contributed by atoms with Crippen LogP contribution >= 0.6 is 0 Å². The van der Waals surface area contributed by atoms with Gasteiger partial charge in [-0.15, -0.1) is 0 Å². The largest absolute Gasteiger partial charge is 0.759 e. The van der Waals surface area contributed by atoms with Crippen LogP contribution in [0.15, 0.2) is 0 Å². The molecule has 0 unspecified atom stereocenters. The van der Waals surface area contributed by atoms with E-state index >= 15 is 0 Å². The third-order valence-corrected chi connectivity index (χ3v) is 0. The third kappa shape index (κ3) is 8820. The van der Waals surface area contributed by atoms with Gasteiger partial charge in [0.05, 0.1) is 0 Å². The summed E-state index contributed by atoms with van der Waals surface area (Å²) in [5.41, 5.74) is 0. The molecule has 0 saturated heterocycles. The zero-order valence-electron chi connectivity index (χ0n) is 4.58. The van der Waals surface area contributed by atoms with E-state index in [-0.39, 0.29) is 17.6 Å². The van der Waals surface area contributed by atoms with Gasteiger partial charge in [-0.2, -0.15) is 0 Å². The first kappa shape index (κ1) is 17.4. The van der Waals surface area contributed by atoms with Gasteiger partial charge in [-0.1, -0.05) is 0 Å². The van der Waals surface area contributed by atoms with Crippen LogP contribution in [0.3, 0.4) is 0 Å². The van der Waals surface area contributed by atoms with E-state index in [0.717, 1.165) is 0 Å². The summed E-state index contributed by atoms with van der Waals surface area (Å²) in [5, 5.41) is 0. The van der Waals surface area contributed by atoms with Crippen molar-refractivity contribution in [2.75, 3.05) is 0 Å². The average molecular weight is 265 g/mol. The molecule has 0 aromatic carbocycles. The molecule has 0 bridgehead atoms. The van der Waals surface area contributed by atoms with Crippen LogP contribution in [-0.4, -0.2) is 52.6 Å². The van der Waals surface area contributed by atoms with E-state index in [1.54, 1.807) is 0 Å². The second-order valence-electron chi connectivity index (χ2n) is 0.816. The molecule has 11 heavy (non-hydrogen) atoms. The fraction of sp³-hybridized carbons (Fsp3) is 0. The van der Waals surface area contributed by atoms with Gasteiger partial charge in [0.25, 0.3) is 0 Å². The Morgan fingerprint density at radius 3 is 0.636 bits per heavy atom. The third-order valence-electron chi connectivity index (χ3n) is 0. The van der Waals surface area contributed by atoms with E-state index in [1.807, 2.05) is 0 Å². The number of hydrogen-bond acceptors (Lipinski definition) is 8. The van der Waals surface area contributed by atoms with Crippen molar-refractivity contribution >= 4 is 38.4 Å². The fourth-order valence-electron chi connectivity index (χ4n) is 0. The Labute approximate surface area is 73.7 Å². The Kier molecular flexibility index (Phi) is 9.28. The molecule has 0 fully saturated rings. The molecule has 0 N–H and O–H groups in total. The quantitative estimate of drug-likeness (QED) is 0.253.